The first-order valence-corrected chi connectivity index (χ1v) is 6.91. The van der Waals surface area contributed by atoms with Gasteiger partial charge in [-0.1, -0.05) is 18.2 Å². The maximum absolute atomic E-state index is 12.5. The Hall–Kier alpha value is -1.82. The van der Waals surface area contributed by atoms with Gasteiger partial charge in [-0.3, -0.25) is 4.99 Å². The second-order valence-corrected chi connectivity index (χ2v) is 5.38. The number of hydrogen-bond acceptors (Lipinski definition) is 2. The molecule has 0 aromatic heterocycles. The standard InChI is InChI=1S/C15H9BrF3NO/c16-11-2-1-3-12-14(11)21-13(8-20-12)9-4-6-10(7-5-9)15(17,18)19/h1-8,13H/t13-/m1/s1. The van der Waals surface area contributed by atoms with Gasteiger partial charge in [-0.2, -0.15) is 13.2 Å². The van der Waals surface area contributed by atoms with E-state index in [1.54, 1.807) is 12.3 Å². The summed E-state index contributed by atoms with van der Waals surface area (Å²) in [6, 6.07) is 10.4. The summed E-state index contributed by atoms with van der Waals surface area (Å²) >= 11 is 3.37. The zero-order chi connectivity index (χ0) is 15.0. The van der Waals surface area contributed by atoms with Crippen LogP contribution in [-0.2, 0) is 6.18 Å². The van der Waals surface area contributed by atoms with Gasteiger partial charge >= 0.3 is 6.18 Å². The highest BCUT2D eigenvalue weighted by atomic mass is 79.9. The number of ether oxygens (including phenoxy) is 1. The fourth-order valence-electron chi connectivity index (χ4n) is 2.04. The van der Waals surface area contributed by atoms with E-state index in [1.165, 1.54) is 12.1 Å². The van der Waals surface area contributed by atoms with Gasteiger partial charge in [0.2, 0.25) is 0 Å². The van der Waals surface area contributed by atoms with Crippen LogP contribution in [0.4, 0.5) is 18.9 Å². The minimum absolute atomic E-state index is 0.501. The fourth-order valence-corrected chi connectivity index (χ4v) is 2.49. The fraction of sp³-hybridized carbons (Fsp3) is 0.133. The molecule has 1 heterocycles. The Morgan fingerprint density at radius 3 is 2.43 bits per heavy atom. The molecule has 3 rings (SSSR count). The van der Waals surface area contributed by atoms with E-state index in [0.29, 0.717) is 17.0 Å². The van der Waals surface area contributed by atoms with Crippen molar-refractivity contribution >= 4 is 27.8 Å². The smallest absolute Gasteiger partial charge is 0.416 e. The highest BCUT2D eigenvalue weighted by molar-refractivity contribution is 9.10. The van der Waals surface area contributed by atoms with E-state index in [4.69, 9.17) is 4.74 Å². The van der Waals surface area contributed by atoms with Crippen LogP contribution >= 0.6 is 15.9 Å². The van der Waals surface area contributed by atoms with Crippen LogP contribution in [0, 0.1) is 0 Å². The molecule has 0 aliphatic carbocycles. The number of aliphatic imine (C=N–C) groups is 1. The zero-order valence-electron chi connectivity index (χ0n) is 10.6. The third-order valence-corrected chi connectivity index (χ3v) is 3.73. The van der Waals surface area contributed by atoms with Crippen LogP contribution in [0.1, 0.15) is 17.2 Å². The maximum atomic E-state index is 12.5. The molecular weight excluding hydrogens is 347 g/mol. The van der Waals surface area contributed by atoms with Gasteiger partial charge in [0.05, 0.1) is 16.3 Å². The maximum Gasteiger partial charge on any atom is 0.416 e. The lowest BCUT2D eigenvalue weighted by molar-refractivity contribution is -0.137. The number of nitrogens with zero attached hydrogens (tertiary/aromatic N) is 1. The van der Waals surface area contributed by atoms with Gasteiger partial charge in [0.1, 0.15) is 5.69 Å². The van der Waals surface area contributed by atoms with E-state index in [1.807, 2.05) is 12.1 Å². The molecule has 1 aliphatic heterocycles. The number of alkyl halides is 3. The number of rotatable bonds is 1. The first-order chi connectivity index (χ1) is 9.95. The molecule has 0 saturated carbocycles. The van der Waals surface area contributed by atoms with E-state index in [2.05, 4.69) is 20.9 Å². The summed E-state index contributed by atoms with van der Waals surface area (Å²) in [5.41, 5.74) is 0.626. The summed E-state index contributed by atoms with van der Waals surface area (Å²) in [5, 5.41) is 0. The van der Waals surface area contributed by atoms with Crippen molar-refractivity contribution in [2.75, 3.05) is 0 Å². The van der Waals surface area contributed by atoms with Crippen molar-refractivity contribution in [2.24, 2.45) is 4.99 Å². The number of fused-ring (bicyclic) bond motifs is 1. The summed E-state index contributed by atoms with van der Waals surface area (Å²) in [5.74, 6) is 0.588. The molecule has 0 bridgehead atoms. The number of para-hydroxylation sites is 1. The van der Waals surface area contributed by atoms with Gasteiger partial charge in [0.25, 0.3) is 0 Å². The first kappa shape index (κ1) is 14.1. The Morgan fingerprint density at radius 2 is 1.76 bits per heavy atom. The molecule has 1 aliphatic rings. The molecule has 0 saturated heterocycles. The minimum atomic E-state index is -4.34. The van der Waals surface area contributed by atoms with Crippen LogP contribution in [0.15, 0.2) is 51.9 Å². The highest BCUT2D eigenvalue weighted by Crippen LogP contribution is 2.40. The topological polar surface area (TPSA) is 21.6 Å². The molecule has 0 amide bonds. The average molecular weight is 356 g/mol. The van der Waals surface area contributed by atoms with Gasteiger partial charge < -0.3 is 4.74 Å². The van der Waals surface area contributed by atoms with Crippen molar-refractivity contribution in [1.82, 2.24) is 0 Å². The molecule has 0 fully saturated rings. The van der Waals surface area contributed by atoms with Gasteiger partial charge in [-0.05, 0) is 45.8 Å². The molecule has 108 valence electrons. The molecular formula is C15H9BrF3NO. The largest absolute Gasteiger partial charge is 0.477 e. The number of hydrogen-bond donors (Lipinski definition) is 0. The van der Waals surface area contributed by atoms with E-state index in [9.17, 15) is 13.2 Å². The van der Waals surface area contributed by atoms with Crippen molar-refractivity contribution < 1.29 is 17.9 Å². The molecule has 0 spiro atoms. The SMILES string of the molecule is FC(F)(F)c1ccc([C@H]2C=Nc3cccc(Br)c3O2)cc1. The molecule has 0 radical (unpaired) electrons. The molecule has 2 aromatic rings. The molecule has 2 aromatic carbocycles. The summed E-state index contributed by atoms with van der Waals surface area (Å²) in [4.78, 5) is 4.28. The van der Waals surface area contributed by atoms with Crippen molar-refractivity contribution in [2.45, 2.75) is 12.3 Å². The molecule has 6 heteroatoms. The average Bonchev–Trinajstić information content (AvgIpc) is 2.47. The van der Waals surface area contributed by atoms with Crippen molar-refractivity contribution in [1.29, 1.82) is 0 Å². The summed E-state index contributed by atoms with van der Waals surface area (Å²) in [6.07, 6.45) is -3.26. The van der Waals surface area contributed by atoms with Gasteiger partial charge in [0.15, 0.2) is 11.9 Å². The van der Waals surface area contributed by atoms with E-state index >= 15 is 0 Å². The van der Waals surface area contributed by atoms with Crippen LogP contribution in [0.5, 0.6) is 5.75 Å². The Kier molecular flexibility index (Phi) is 3.49. The van der Waals surface area contributed by atoms with E-state index in [0.717, 1.165) is 16.6 Å². The van der Waals surface area contributed by atoms with Crippen LogP contribution < -0.4 is 4.74 Å². The van der Waals surface area contributed by atoms with Gasteiger partial charge in [0, 0.05) is 0 Å². The summed E-state index contributed by atoms with van der Waals surface area (Å²) in [7, 11) is 0. The minimum Gasteiger partial charge on any atom is -0.477 e. The second-order valence-electron chi connectivity index (χ2n) is 4.52. The Bertz CT molecular complexity index is 695. The molecule has 2 nitrogen and oxygen atoms in total. The third-order valence-electron chi connectivity index (χ3n) is 3.11. The second kappa shape index (κ2) is 5.18. The summed E-state index contributed by atoms with van der Waals surface area (Å²) in [6.45, 7) is 0. The Morgan fingerprint density at radius 1 is 1.05 bits per heavy atom. The van der Waals surface area contributed by atoms with Crippen LogP contribution in [0.25, 0.3) is 0 Å². The van der Waals surface area contributed by atoms with E-state index < -0.39 is 17.8 Å². The van der Waals surface area contributed by atoms with Gasteiger partial charge in [-0.15, -0.1) is 0 Å². The molecule has 1 atom stereocenters. The summed E-state index contributed by atoms with van der Waals surface area (Å²) < 4.78 is 44.2. The van der Waals surface area contributed by atoms with Gasteiger partial charge in [-0.25, -0.2) is 0 Å². The zero-order valence-corrected chi connectivity index (χ0v) is 12.1. The molecule has 0 N–H and O–H groups in total. The first-order valence-electron chi connectivity index (χ1n) is 6.11. The predicted octanol–water partition coefficient (Wildman–Crippen LogP) is 5.30. The molecule has 21 heavy (non-hydrogen) atoms. The lowest BCUT2D eigenvalue weighted by Gasteiger charge is -2.22. The van der Waals surface area contributed by atoms with Crippen molar-refractivity contribution in [3.63, 3.8) is 0 Å². The third kappa shape index (κ3) is 2.81. The Balaban J connectivity index is 1.89. The quantitative estimate of drug-likeness (QED) is 0.679. The van der Waals surface area contributed by atoms with Crippen molar-refractivity contribution in [3.8, 4) is 5.75 Å². The van der Waals surface area contributed by atoms with E-state index in [-0.39, 0.29) is 0 Å². The lowest BCUT2D eigenvalue weighted by atomic mass is 10.1. The monoisotopic (exact) mass is 355 g/mol. The Labute approximate surface area is 127 Å². The normalized spacial score (nSPS) is 17.2. The van der Waals surface area contributed by atoms with Crippen LogP contribution in [0.3, 0.4) is 0 Å². The predicted molar refractivity (Wildman–Crippen MR) is 77.1 cm³/mol. The van der Waals surface area contributed by atoms with Crippen LogP contribution in [0.2, 0.25) is 0 Å². The number of halogens is 4. The highest BCUT2D eigenvalue weighted by Gasteiger charge is 2.30. The lowest BCUT2D eigenvalue weighted by Crippen LogP contribution is -2.13. The number of benzene rings is 2. The molecule has 0 unspecified atom stereocenters. The van der Waals surface area contributed by atoms with Crippen LogP contribution in [-0.4, -0.2) is 6.21 Å². The van der Waals surface area contributed by atoms with Crippen molar-refractivity contribution in [3.05, 3.63) is 58.1 Å².